The summed E-state index contributed by atoms with van der Waals surface area (Å²) < 4.78 is 2.21. The van der Waals surface area contributed by atoms with Crippen LogP contribution in [0.3, 0.4) is 0 Å². The van der Waals surface area contributed by atoms with Crippen molar-refractivity contribution in [1.82, 2.24) is 20.1 Å². The van der Waals surface area contributed by atoms with Gasteiger partial charge in [0, 0.05) is 23.9 Å². The molecule has 1 unspecified atom stereocenters. The molecule has 0 saturated heterocycles. The van der Waals surface area contributed by atoms with Crippen molar-refractivity contribution in [2.45, 2.75) is 42.5 Å². The monoisotopic (exact) mass is 562 g/mol. The number of nitrogens with zero attached hydrogens (tertiary/aromatic N) is 3. The molecule has 4 aromatic carbocycles. The number of hydrogen-bond donors (Lipinski definition) is 2. The van der Waals surface area contributed by atoms with Crippen LogP contribution >= 0.6 is 11.8 Å². The number of benzene rings is 4. The summed E-state index contributed by atoms with van der Waals surface area (Å²) in [5.41, 5.74) is 3.85. The molecule has 1 aromatic heterocycles. The van der Waals surface area contributed by atoms with Crippen LogP contribution in [0.5, 0.6) is 5.75 Å². The third kappa shape index (κ3) is 7.64. The number of unbranched alkanes of at least 4 members (excludes halogenated alkanes) is 1. The van der Waals surface area contributed by atoms with Gasteiger partial charge < -0.3 is 10.4 Å². The lowest BCUT2D eigenvalue weighted by Crippen LogP contribution is -2.24. The molecule has 0 aliphatic rings. The first-order chi connectivity index (χ1) is 20.2. The quantitative estimate of drug-likeness (QED) is 0.117. The van der Waals surface area contributed by atoms with E-state index in [9.17, 15) is 9.90 Å². The highest BCUT2D eigenvalue weighted by atomic mass is 32.2. The van der Waals surface area contributed by atoms with E-state index in [1.54, 1.807) is 30.0 Å². The normalized spacial score (nSPS) is 11.7. The fraction of sp³-hybridized carbons (Fsp3) is 0.206. The number of nitrogens with one attached hydrogen (secondary N) is 1. The van der Waals surface area contributed by atoms with Gasteiger partial charge in [0.1, 0.15) is 11.6 Å². The van der Waals surface area contributed by atoms with Crippen molar-refractivity contribution in [3.8, 4) is 11.4 Å². The lowest BCUT2D eigenvalue weighted by molar-refractivity contribution is 0.0950. The van der Waals surface area contributed by atoms with Crippen molar-refractivity contribution in [3.05, 3.63) is 138 Å². The molecule has 0 bridgehead atoms. The number of thioether (sulfide) groups is 1. The summed E-state index contributed by atoms with van der Waals surface area (Å²) in [5, 5.41) is 23.2. The van der Waals surface area contributed by atoms with Crippen LogP contribution in [-0.4, -0.2) is 32.3 Å². The minimum absolute atomic E-state index is 0.00545. The molecule has 0 aliphatic carbocycles. The summed E-state index contributed by atoms with van der Waals surface area (Å²) in [5.74, 6) is 1.65. The average molecular weight is 563 g/mol. The van der Waals surface area contributed by atoms with Gasteiger partial charge in [0.15, 0.2) is 5.16 Å². The highest BCUT2D eigenvalue weighted by molar-refractivity contribution is 7.98. The number of aromatic nitrogens is 3. The first kappa shape index (κ1) is 28.2. The van der Waals surface area contributed by atoms with E-state index < -0.39 is 0 Å². The molecule has 5 aromatic rings. The molecular weight excluding hydrogens is 528 g/mol. The summed E-state index contributed by atoms with van der Waals surface area (Å²) in [6.07, 6.45) is 3.47. The molecule has 1 amide bonds. The van der Waals surface area contributed by atoms with Crippen LogP contribution in [0.4, 0.5) is 0 Å². The van der Waals surface area contributed by atoms with E-state index in [0.29, 0.717) is 12.1 Å². The van der Waals surface area contributed by atoms with Gasteiger partial charge in [-0.3, -0.25) is 9.36 Å². The molecule has 0 aliphatic heterocycles. The standard InChI is InChI=1S/C34H34N4O2S/c39-31-22-11-10-21-30(31)33(40)35-23-13-12-18-28(24-26-14-4-1-5-15-26)32-36-37-34(38(32)29-19-8-3-9-20-29)41-25-27-16-6-2-7-17-27/h1-11,14-17,19-22,28,39H,12-13,18,23-25H2,(H,35,40). The minimum Gasteiger partial charge on any atom is -0.507 e. The van der Waals surface area contributed by atoms with Crippen LogP contribution in [0.25, 0.3) is 5.69 Å². The van der Waals surface area contributed by atoms with Gasteiger partial charge in [-0.2, -0.15) is 0 Å². The first-order valence-corrected chi connectivity index (χ1v) is 14.9. The van der Waals surface area contributed by atoms with Crippen LogP contribution in [0.15, 0.2) is 120 Å². The van der Waals surface area contributed by atoms with E-state index in [4.69, 9.17) is 5.10 Å². The van der Waals surface area contributed by atoms with E-state index in [1.165, 1.54) is 17.2 Å². The Morgan fingerprint density at radius 3 is 2.12 bits per heavy atom. The maximum absolute atomic E-state index is 12.5. The van der Waals surface area contributed by atoms with Crippen molar-refractivity contribution < 1.29 is 9.90 Å². The second kappa shape index (κ2) is 14.3. The Kier molecular flexibility index (Phi) is 9.84. The third-order valence-corrected chi connectivity index (χ3v) is 7.99. The van der Waals surface area contributed by atoms with Crippen LogP contribution < -0.4 is 5.32 Å². The highest BCUT2D eigenvalue weighted by Crippen LogP contribution is 2.32. The highest BCUT2D eigenvalue weighted by Gasteiger charge is 2.23. The van der Waals surface area contributed by atoms with Crippen molar-refractivity contribution in [2.75, 3.05) is 6.54 Å². The second-order valence-electron chi connectivity index (χ2n) is 9.94. The molecular formula is C34H34N4O2S. The molecule has 0 fully saturated rings. The van der Waals surface area contributed by atoms with Crippen LogP contribution in [0.2, 0.25) is 0 Å². The lowest BCUT2D eigenvalue weighted by Gasteiger charge is -2.19. The van der Waals surface area contributed by atoms with Crippen molar-refractivity contribution in [3.63, 3.8) is 0 Å². The second-order valence-corrected chi connectivity index (χ2v) is 10.9. The van der Waals surface area contributed by atoms with Crippen LogP contribution in [0, 0.1) is 0 Å². The fourth-order valence-electron chi connectivity index (χ4n) is 4.88. The van der Waals surface area contributed by atoms with Crippen LogP contribution in [-0.2, 0) is 12.2 Å². The Morgan fingerprint density at radius 1 is 0.780 bits per heavy atom. The van der Waals surface area contributed by atoms with Gasteiger partial charge in [0.2, 0.25) is 0 Å². The number of rotatable bonds is 13. The van der Waals surface area contributed by atoms with Gasteiger partial charge in [-0.05, 0) is 54.7 Å². The summed E-state index contributed by atoms with van der Waals surface area (Å²) in [4.78, 5) is 12.5. The zero-order valence-electron chi connectivity index (χ0n) is 22.9. The number of carbonyl (C=O) groups excluding carboxylic acids is 1. The first-order valence-electron chi connectivity index (χ1n) is 14.0. The van der Waals surface area contributed by atoms with Crippen LogP contribution in [0.1, 0.15) is 52.5 Å². The van der Waals surface area contributed by atoms with E-state index in [-0.39, 0.29) is 17.6 Å². The molecule has 7 heteroatoms. The summed E-state index contributed by atoms with van der Waals surface area (Å²) in [7, 11) is 0. The molecule has 0 saturated carbocycles. The Labute approximate surface area is 245 Å². The molecule has 1 atom stereocenters. The zero-order valence-corrected chi connectivity index (χ0v) is 23.7. The number of carbonyl (C=O) groups is 1. The summed E-state index contributed by atoms with van der Waals surface area (Å²) in [6, 6.07) is 37.9. The van der Waals surface area contributed by atoms with E-state index >= 15 is 0 Å². The Balaban J connectivity index is 1.33. The van der Waals surface area contributed by atoms with Crippen molar-refractivity contribution in [1.29, 1.82) is 0 Å². The van der Waals surface area contributed by atoms with Gasteiger partial charge >= 0.3 is 0 Å². The molecule has 5 rings (SSSR count). The van der Waals surface area contributed by atoms with Gasteiger partial charge in [-0.25, -0.2) is 0 Å². The largest absolute Gasteiger partial charge is 0.507 e. The minimum atomic E-state index is -0.257. The molecule has 1 heterocycles. The Bertz CT molecular complexity index is 1520. The number of amides is 1. The summed E-state index contributed by atoms with van der Waals surface area (Å²) in [6.45, 7) is 0.536. The zero-order chi connectivity index (χ0) is 28.3. The Hall–Kier alpha value is -4.36. The number of aromatic hydroxyl groups is 1. The molecule has 6 nitrogen and oxygen atoms in total. The molecule has 2 N–H and O–H groups in total. The molecule has 0 radical (unpaired) electrons. The molecule has 41 heavy (non-hydrogen) atoms. The third-order valence-electron chi connectivity index (χ3n) is 6.99. The lowest BCUT2D eigenvalue weighted by atomic mass is 9.93. The number of phenolic OH excluding ortho intramolecular Hbond substituents is 1. The number of para-hydroxylation sites is 2. The van der Waals surface area contributed by atoms with Gasteiger partial charge in [0.05, 0.1) is 5.56 Å². The van der Waals surface area contributed by atoms with Gasteiger partial charge in [0.25, 0.3) is 5.91 Å². The van der Waals surface area contributed by atoms with Gasteiger partial charge in [-0.15, -0.1) is 10.2 Å². The summed E-state index contributed by atoms with van der Waals surface area (Å²) >= 11 is 1.70. The Morgan fingerprint density at radius 2 is 1.41 bits per heavy atom. The van der Waals surface area contributed by atoms with Crippen molar-refractivity contribution in [2.24, 2.45) is 0 Å². The number of phenols is 1. The molecule has 208 valence electrons. The van der Waals surface area contributed by atoms with Crippen molar-refractivity contribution >= 4 is 17.7 Å². The van der Waals surface area contributed by atoms with E-state index in [0.717, 1.165) is 48.1 Å². The van der Waals surface area contributed by atoms with Gasteiger partial charge in [-0.1, -0.05) is 109 Å². The molecule has 0 spiro atoms. The van der Waals surface area contributed by atoms with E-state index in [1.807, 2.05) is 30.3 Å². The fourth-order valence-corrected chi connectivity index (χ4v) is 5.80. The topological polar surface area (TPSA) is 80.0 Å². The van der Waals surface area contributed by atoms with E-state index in [2.05, 4.69) is 75.6 Å². The predicted molar refractivity (Wildman–Crippen MR) is 165 cm³/mol. The SMILES string of the molecule is O=C(NCCCCC(Cc1ccccc1)c1nnc(SCc2ccccc2)n1-c1ccccc1)c1ccccc1O. The predicted octanol–water partition coefficient (Wildman–Crippen LogP) is 7.19. The smallest absolute Gasteiger partial charge is 0.255 e. The average Bonchev–Trinajstić information content (AvgIpc) is 3.45. The maximum atomic E-state index is 12.5. The maximum Gasteiger partial charge on any atom is 0.255 e. The number of hydrogen-bond acceptors (Lipinski definition) is 5.